The maximum Gasteiger partial charge on any atom is 0.267 e. The van der Waals surface area contributed by atoms with Crippen LogP contribution in [0, 0.1) is 6.92 Å². The molecule has 1 aromatic rings. The fourth-order valence-electron chi connectivity index (χ4n) is 4.82. The predicted molar refractivity (Wildman–Crippen MR) is 96.9 cm³/mol. The third-order valence-electron chi connectivity index (χ3n) is 6.18. The number of aryl methyl sites for hydroxylation is 1. The first kappa shape index (κ1) is 17.4. The summed E-state index contributed by atoms with van der Waals surface area (Å²) in [7, 11) is 0. The smallest absolute Gasteiger partial charge is 0.267 e. The van der Waals surface area contributed by atoms with Crippen LogP contribution in [-0.2, 0) is 4.74 Å². The van der Waals surface area contributed by atoms with Gasteiger partial charge in [-0.25, -0.2) is 0 Å². The van der Waals surface area contributed by atoms with Crippen molar-refractivity contribution in [1.29, 1.82) is 0 Å². The molecule has 3 aliphatic heterocycles. The molecule has 1 amide bonds. The molecule has 3 aliphatic rings. The van der Waals surface area contributed by atoms with Crippen LogP contribution in [0.5, 0.6) is 0 Å². The van der Waals surface area contributed by atoms with Gasteiger partial charge in [-0.05, 0) is 69.9 Å². The SMILES string of the molecule is Cc1nnsc1C(=O)N1CCCC12CCCN(CC1CCCO1)CC2. The number of ether oxygens (including phenoxy) is 1. The molecule has 0 aliphatic carbocycles. The average molecular weight is 365 g/mol. The third kappa shape index (κ3) is 3.46. The highest BCUT2D eigenvalue weighted by Gasteiger charge is 2.45. The van der Waals surface area contributed by atoms with Crippen LogP contribution in [0.15, 0.2) is 0 Å². The number of hydrogen-bond acceptors (Lipinski definition) is 6. The van der Waals surface area contributed by atoms with Crippen molar-refractivity contribution < 1.29 is 9.53 Å². The van der Waals surface area contributed by atoms with Gasteiger partial charge in [0.05, 0.1) is 11.8 Å². The molecule has 0 radical (unpaired) electrons. The van der Waals surface area contributed by atoms with Crippen LogP contribution in [0.25, 0.3) is 0 Å². The van der Waals surface area contributed by atoms with Crippen LogP contribution in [0.2, 0.25) is 0 Å². The lowest BCUT2D eigenvalue weighted by Crippen LogP contribution is -2.48. The number of hydrogen-bond donors (Lipinski definition) is 0. The number of nitrogens with zero attached hydrogens (tertiary/aromatic N) is 4. The van der Waals surface area contributed by atoms with Gasteiger partial charge in [-0.3, -0.25) is 4.79 Å². The Balaban J connectivity index is 1.45. The van der Waals surface area contributed by atoms with Gasteiger partial charge in [-0.2, -0.15) is 0 Å². The zero-order chi connectivity index (χ0) is 17.3. The second kappa shape index (κ2) is 7.29. The number of carbonyl (C=O) groups excluding carboxylic acids is 1. The predicted octanol–water partition coefficient (Wildman–Crippen LogP) is 2.49. The lowest BCUT2D eigenvalue weighted by atomic mass is 9.87. The van der Waals surface area contributed by atoms with Crippen LogP contribution in [0.3, 0.4) is 0 Å². The van der Waals surface area contributed by atoms with Crippen molar-refractivity contribution in [2.75, 3.05) is 32.8 Å². The number of rotatable bonds is 3. The zero-order valence-electron chi connectivity index (χ0n) is 15.1. The van der Waals surface area contributed by atoms with Crippen LogP contribution in [0.4, 0.5) is 0 Å². The van der Waals surface area contributed by atoms with Crippen LogP contribution < -0.4 is 0 Å². The second-order valence-corrected chi connectivity index (χ2v) is 8.52. The summed E-state index contributed by atoms with van der Waals surface area (Å²) in [5, 5.41) is 4.03. The molecule has 0 bridgehead atoms. The zero-order valence-corrected chi connectivity index (χ0v) is 15.9. The number of likely N-dealkylation sites (tertiary alicyclic amines) is 2. The lowest BCUT2D eigenvalue weighted by molar-refractivity contribution is 0.0539. The highest BCUT2D eigenvalue weighted by Crippen LogP contribution is 2.40. The summed E-state index contributed by atoms with van der Waals surface area (Å²) in [5.74, 6) is 0.151. The molecule has 0 N–H and O–H groups in total. The number of amides is 1. The fraction of sp³-hybridized carbons (Fsp3) is 0.833. The molecule has 6 nitrogen and oxygen atoms in total. The highest BCUT2D eigenvalue weighted by atomic mass is 32.1. The van der Waals surface area contributed by atoms with Crippen molar-refractivity contribution in [2.24, 2.45) is 0 Å². The van der Waals surface area contributed by atoms with Gasteiger partial charge in [0.1, 0.15) is 4.88 Å². The minimum Gasteiger partial charge on any atom is -0.377 e. The molecule has 4 heterocycles. The van der Waals surface area contributed by atoms with Crippen molar-refractivity contribution in [1.82, 2.24) is 19.4 Å². The summed E-state index contributed by atoms with van der Waals surface area (Å²) in [5.41, 5.74) is 0.810. The molecule has 1 aromatic heterocycles. The fourth-order valence-corrected chi connectivity index (χ4v) is 5.43. The minimum atomic E-state index is 0.0405. The van der Waals surface area contributed by atoms with Gasteiger partial charge in [0, 0.05) is 31.8 Å². The van der Waals surface area contributed by atoms with Crippen LogP contribution >= 0.6 is 11.5 Å². The summed E-state index contributed by atoms with van der Waals surface area (Å²) in [6, 6.07) is 0. The molecule has 3 fully saturated rings. The maximum absolute atomic E-state index is 13.1. The molecule has 138 valence electrons. The first-order valence-electron chi connectivity index (χ1n) is 9.63. The minimum absolute atomic E-state index is 0.0405. The van der Waals surface area contributed by atoms with E-state index in [1.165, 1.54) is 24.4 Å². The van der Waals surface area contributed by atoms with Gasteiger partial charge in [0.15, 0.2) is 0 Å². The van der Waals surface area contributed by atoms with Crippen molar-refractivity contribution in [3.8, 4) is 0 Å². The van der Waals surface area contributed by atoms with E-state index in [4.69, 9.17) is 4.74 Å². The van der Waals surface area contributed by atoms with E-state index in [1.807, 2.05) is 6.92 Å². The van der Waals surface area contributed by atoms with E-state index in [-0.39, 0.29) is 11.4 Å². The van der Waals surface area contributed by atoms with E-state index < -0.39 is 0 Å². The van der Waals surface area contributed by atoms with Crippen molar-refractivity contribution >= 4 is 17.4 Å². The van der Waals surface area contributed by atoms with Crippen molar-refractivity contribution in [2.45, 2.75) is 63.5 Å². The Bertz CT molecular complexity index is 616. The van der Waals surface area contributed by atoms with E-state index in [0.29, 0.717) is 6.10 Å². The summed E-state index contributed by atoms with van der Waals surface area (Å²) >= 11 is 1.24. The topological polar surface area (TPSA) is 58.6 Å². The van der Waals surface area contributed by atoms with E-state index in [1.54, 1.807) is 0 Å². The molecule has 2 atom stereocenters. The van der Waals surface area contributed by atoms with Crippen LogP contribution in [0.1, 0.15) is 60.3 Å². The molecule has 2 unspecified atom stereocenters. The normalized spacial score (nSPS) is 30.9. The lowest BCUT2D eigenvalue weighted by Gasteiger charge is -2.38. The largest absolute Gasteiger partial charge is 0.377 e. The Hall–Kier alpha value is -1.05. The van der Waals surface area contributed by atoms with Gasteiger partial charge >= 0.3 is 0 Å². The Labute approximate surface area is 153 Å². The van der Waals surface area contributed by atoms with Gasteiger partial charge in [-0.1, -0.05) is 4.49 Å². The van der Waals surface area contributed by atoms with Gasteiger partial charge in [0.25, 0.3) is 5.91 Å². The average Bonchev–Trinajstić information content (AvgIpc) is 3.30. The first-order chi connectivity index (χ1) is 12.2. The molecule has 1 spiro atoms. The maximum atomic E-state index is 13.1. The Morgan fingerprint density at radius 1 is 1.24 bits per heavy atom. The summed E-state index contributed by atoms with van der Waals surface area (Å²) < 4.78 is 9.77. The van der Waals surface area contributed by atoms with Crippen molar-refractivity contribution in [3.05, 3.63) is 10.6 Å². The molecule has 3 saturated heterocycles. The number of aromatic nitrogens is 2. The summed E-state index contributed by atoms with van der Waals surface area (Å²) in [6.45, 7) is 6.95. The summed E-state index contributed by atoms with van der Waals surface area (Å²) in [6.07, 6.45) is 8.43. The monoisotopic (exact) mass is 364 g/mol. The Morgan fingerprint density at radius 2 is 2.08 bits per heavy atom. The Morgan fingerprint density at radius 3 is 2.80 bits per heavy atom. The van der Waals surface area contributed by atoms with E-state index in [9.17, 15) is 4.79 Å². The molecular formula is C18H28N4O2S. The van der Waals surface area contributed by atoms with Gasteiger partial charge in [-0.15, -0.1) is 5.10 Å². The first-order valence-corrected chi connectivity index (χ1v) is 10.4. The van der Waals surface area contributed by atoms with Gasteiger partial charge < -0.3 is 14.5 Å². The van der Waals surface area contributed by atoms with Crippen molar-refractivity contribution in [3.63, 3.8) is 0 Å². The quantitative estimate of drug-likeness (QED) is 0.825. The van der Waals surface area contributed by atoms with Gasteiger partial charge in [0.2, 0.25) is 0 Å². The molecule has 25 heavy (non-hydrogen) atoms. The van der Waals surface area contributed by atoms with E-state index in [2.05, 4.69) is 19.4 Å². The standard InChI is InChI=1S/C18H28N4O2S/c1-14-16(25-20-19-14)17(23)22-10-4-7-18(22)6-3-9-21(11-8-18)13-15-5-2-12-24-15/h15H,2-13H2,1H3. The third-order valence-corrected chi connectivity index (χ3v) is 7.00. The second-order valence-electron chi connectivity index (χ2n) is 7.76. The molecule has 4 rings (SSSR count). The van der Waals surface area contributed by atoms with E-state index >= 15 is 0 Å². The molecule has 0 saturated carbocycles. The van der Waals surface area contributed by atoms with E-state index in [0.717, 1.165) is 75.5 Å². The van der Waals surface area contributed by atoms with Crippen LogP contribution in [-0.4, -0.2) is 69.7 Å². The molecule has 0 aromatic carbocycles. The number of carbonyl (C=O) groups is 1. The highest BCUT2D eigenvalue weighted by molar-refractivity contribution is 7.07. The molecular weight excluding hydrogens is 336 g/mol. The Kier molecular flexibility index (Phi) is 5.06. The summed E-state index contributed by atoms with van der Waals surface area (Å²) in [4.78, 5) is 18.5. The molecule has 7 heteroatoms.